The third kappa shape index (κ3) is 4.97. The molecule has 2 heterocycles. The van der Waals surface area contributed by atoms with Gasteiger partial charge in [0.05, 0.1) is 10.5 Å². The van der Waals surface area contributed by atoms with E-state index in [2.05, 4.69) is 11.9 Å². The first-order chi connectivity index (χ1) is 14.0. The van der Waals surface area contributed by atoms with Crippen molar-refractivity contribution >= 4 is 15.9 Å². The molecule has 1 aromatic rings. The molecule has 0 bridgehead atoms. The van der Waals surface area contributed by atoms with Crippen molar-refractivity contribution in [3.8, 4) is 0 Å². The molecular weight excluding hydrogens is 419 g/mol. The molecule has 6 nitrogen and oxygen atoms in total. The highest BCUT2D eigenvalue weighted by Gasteiger charge is 2.36. The van der Waals surface area contributed by atoms with Crippen molar-refractivity contribution in [2.45, 2.75) is 42.8 Å². The summed E-state index contributed by atoms with van der Waals surface area (Å²) in [6, 6.07) is 3.99. The van der Waals surface area contributed by atoms with Gasteiger partial charge in [0.25, 0.3) is 0 Å². The molecule has 0 aromatic heterocycles. The first kappa shape index (κ1) is 23.0. The second-order valence-corrected chi connectivity index (χ2v) is 10.1. The summed E-state index contributed by atoms with van der Waals surface area (Å²) in [5.74, 6) is -0.233. The second-order valence-electron chi connectivity index (χ2n) is 8.19. The summed E-state index contributed by atoms with van der Waals surface area (Å²) in [7, 11) is -0.174. The molecule has 2 fully saturated rings. The third-order valence-corrected chi connectivity index (χ3v) is 8.08. The van der Waals surface area contributed by atoms with Crippen molar-refractivity contribution in [1.29, 1.82) is 0 Å². The standard InChI is InChI=1S/C20H28F3N3O3S/c1-24-10-8-17(9-11-24)25(2)19(27)15-6-12-26(13-7-15)30(28,29)18-5-3-4-16(14-18)20(21,22)23/h3-5,14-15,17H,6-13H2,1-2H3. The highest BCUT2D eigenvalue weighted by atomic mass is 32.2. The minimum absolute atomic E-state index is 0.0284. The van der Waals surface area contributed by atoms with Gasteiger partial charge < -0.3 is 9.80 Å². The predicted molar refractivity (Wildman–Crippen MR) is 106 cm³/mol. The molecule has 2 saturated heterocycles. The number of carbonyl (C=O) groups is 1. The zero-order chi connectivity index (χ0) is 22.1. The molecule has 1 amide bonds. The zero-order valence-corrected chi connectivity index (χ0v) is 18.0. The summed E-state index contributed by atoms with van der Waals surface area (Å²) in [6.07, 6.45) is -2.03. The average molecular weight is 448 g/mol. The van der Waals surface area contributed by atoms with Gasteiger partial charge in [-0.2, -0.15) is 17.5 Å². The smallest absolute Gasteiger partial charge is 0.342 e. The van der Waals surface area contributed by atoms with Gasteiger partial charge in [0.15, 0.2) is 0 Å². The van der Waals surface area contributed by atoms with Gasteiger partial charge in [0.1, 0.15) is 0 Å². The topological polar surface area (TPSA) is 60.9 Å². The van der Waals surface area contributed by atoms with Crippen molar-refractivity contribution in [1.82, 2.24) is 14.1 Å². The summed E-state index contributed by atoms with van der Waals surface area (Å²) in [6.45, 7) is 2.12. The summed E-state index contributed by atoms with van der Waals surface area (Å²) in [4.78, 5) is 16.5. The van der Waals surface area contributed by atoms with Crippen LogP contribution in [0.15, 0.2) is 29.2 Å². The number of hydrogen-bond donors (Lipinski definition) is 0. The van der Waals surface area contributed by atoms with Crippen LogP contribution in [0.25, 0.3) is 0 Å². The Morgan fingerprint density at radius 3 is 2.23 bits per heavy atom. The number of sulfonamides is 1. The van der Waals surface area contributed by atoms with Gasteiger partial charge in [-0.3, -0.25) is 4.79 Å². The van der Waals surface area contributed by atoms with Crippen molar-refractivity contribution in [3.05, 3.63) is 29.8 Å². The summed E-state index contributed by atoms with van der Waals surface area (Å²) < 4.78 is 65.6. The van der Waals surface area contributed by atoms with Crippen molar-refractivity contribution in [3.63, 3.8) is 0 Å². The van der Waals surface area contributed by atoms with Crippen LogP contribution in [0.5, 0.6) is 0 Å². The Bertz CT molecular complexity index is 860. The summed E-state index contributed by atoms with van der Waals surface area (Å²) in [5.41, 5.74) is -0.992. The quantitative estimate of drug-likeness (QED) is 0.712. The number of alkyl halides is 3. The Kier molecular flexibility index (Phi) is 6.78. The fraction of sp³-hybridized carbons (Fsp3) is 0.650. The molecule has 2 aliphatic heterocycles. The molecule has 0 radical (unpaired) electrons. The van der Waals surface area contributed by atoms with Gasteiger partial charge in [-0.05, 0) is 64.0 Å². The van der Waals surface area contributed by atoms with Gasteiger partial charge in [-0.25, -0.2) is 8.42 Å². The fourth-order valence-electron chi connectivity index (χ4n) is 4.18. The van der Waals surface area contributed by atoms with E-state index in [1.54, 1.807) is 4.90 Å². The molecule has 10 heteroatoms. The average Bonchev–Trinajstić information content (AvgIpc) is 2.73. The van der Waals surface area contributed by atoms with Crippen LogP contribution in [0.4, 0.5) is 13.2 Å². The van der Waals surface area contributed by atoms with Crippen LogP contribution in [-0.4, -0.2) is 74.7 Å². The zero-order valence-electron chi connectivity index (χ0n) is 17.2. The molecule has 0 atom stereocenters. The van der Waals surface area contributed by atoms with E-state index >= 15 is 0 Å². The van der Waals surface area contributed by atoms with Crippen molar-refractivity contribution < 1.29 is 26.4 Å². The van der Waals surface area contributed by atoms with Crippen LogP contribution < -0.4 is 0 Å². The van der Waals surface area contributed by atoms with E-state index < -0.39 is 21.8 Å². The van der Waals surface area contributed by atoms with Crippen LogP contribution in [0, 0.1) is 5.92 Å². The lowest BCUT2D eigenvalue weighted by molar-refractivity contribution is -0.139. The van der Waals surface area contributed by atoms with Gasteiger partial charge in [0, 0.05) is 32.1 Å². The molecule has 0 saturated carbocycles. The summed E-state index contributed by atoms with van der Waals surface area (Å²) >= 11 is 0. The first-order valence-electron chi connectivity index (χ1n) is 10.1. The molecule has 0 N–H and O–H groups in total. The van der Waals surface area contributed by atoms with E-state index in [9.17, 15) is 26.4 Å². The van der Waals surface area contributed by atoms with Crippen molar-refractivity contribution in [2.24, 2.45) is 5.92 Å². The largest absolute Gasteiger partial charge is 0.416 e. The highest BCUT2D eigenvalue weighted by Crippen LogP contribution is 2.32. The number of likely N-dealkylation sites (tertiary alicyclic amines) is 1. The lowest BCUT2D eigenvalue weighted by Crippen LogP contribution is -2.48. The maximum absolute atomic E-state index is 12.9. The molecule has 168 valence electrons. The van der Waals surface area contributed by atoms with Gasteiger partial charge in [0.2, 0.25) is 15.9 Å². The van der Waals surface area contributed by atoms with Crippen LogP contribution in [0.3, 0.4) is 0 Å². The lowest BCUT2D eigenvalue weighted by atomic mass is 9.94. The maximum Gasteiger partial charge on any atom is 0.416 e. The molecule has 30 heavy (non-hydrogen) atoms. The van der Waals surface area contributed by atoms with Crippen LogP contribution >= 0.6 is 0 Å². The normalized spacial score (nSPS) is 21.0. The molecule has 0 aliphatic carbocycles. The van der Waals surface area contributed by atoms with Gasteiger partial charge in [-0.1, -0.05) is 6.07 Å². The monoisotopic (exact) mass is 447 g/mol. The Labute approximate surface area is 175 Å². The number of amides is 1. The van der Waals surface area contributed by atoms with E-state index in [0.717, 1.165) is 38.1 Å². The Hall–Kier alpha value is -1.65. The highest BCUT2D eigenvalue weighted by molar-refractivity contribution is 7.89. The number of rotatable bonds is 4. The molecule has 0 unspecified atom stereocenters. The Morgan fingerprint density at radius 1 is 1.07 bits per heavy atom. The lowest BCUT2D eigenvalue weighted by Gasteiger charge is -2.38. The van der Waals surface area contributed by atoms with Gasteiger partial charge in [-0.15, -0.1) is 0 Å². The van der Waals surface area contributed by atoms with Crippen LogP contribution in [0.2, 0.25) is 0 Å². The molecule has 2 aliphatic rings. The maximum atomic E-state index is 12.9. The SMILES string of the molecule is CN1CCC(N(C)C(=O)C2CCN(S(=O)(=O)c3cccc(C(F)(F)F)c3)CC2)CC1. The molecule has 0 spiro atoms. The van der Waals surface area contributed by atoms with Crippen LogP contribution in [0.1, 0.15) is 31.2 Å². The van der Waals surface area contributed by atoms with Crippen LogP contribution in [-0.2, 0) is 21.0 Å². The number of benzene rings is 1. The molecule has 1 aromatic carbocycles. The van der Waals surface area contributed by atoms with E-state index in [-0.39, 0.29) is 35.9 Å². The fourth-order valence-corrected chi connectivity index (χ4v) is 5.69. The number of nitrogens with zero attached hydrogens (tertiary/aromatic N) is 3. The minimum Gasteiger partial charge on any atom is -0.342 e. The van der Waals surface area contributed by atoms with E-state index in [4.69, 9.17) is 0 Å². The Morgan fingerprint density at radius 2 is 1.67 bits per heavy atom. The molecular formula is C20H28F3N3O3S. The third-order valence-electron chi connectivity index (χ3n) is 6.19. The van der Waals surface area contributed by atoms with Crippen molar-refractivity contribution in [2.75, 3.05) is 40.3 Å². The van der Waals surface area contributed by atoms with E-state index in [1.165, 1.54) is 10.4 Å². The molecule has 3 rings (SSSR count). The minimum atomic E-state index is -4.61. The van der Waals surface area contributed by atoms with Gasteiger partial charge >= 0.3 is 6.18 Å². The number of piperidine rings is 2. The number of halogens is 3. The second kappa shape index (κ2) is 8.84. The first-order valence-corrected chi connectivity index (χ1v) is 11.6. The Balaban J connectivity index is 1.63. The predicted octanol–water partition coefficient (Wildman–Crippen LogP) is 2.66. The number of hydrogen-bond acceptors (Lipinski definition) is 4. The summed E-state index contributed by atoms with van der Waals surface area (Å²) in [5, 5.41) is 0. The number of carbonyl (C=O) groups excluding carboxylic acids is 1. The van der Waals surface area contributed by atoms with E-state index in [0.29, 0.717) is 18.9 Å². The van der Waals surface area contributed by atoms with E-state index in [1.807, 2.05) is 7.05 Å².